The van der Waals surface area contributed by atoms with Gasteiger partial charge in [-0.3, -0.25) is 10.1 Å². The molecule has 0 aliphatic heterocycles. The number of aldehydes is 1. The van der Waals surface area contributed by atoms with E-state index in [2.05, 4.69) is 4.74 Å². The molecule has 15 heavy (non-hydrogen) atoms. The number of carbonyl (C=O) groups is 2. The van der Waals surface area contributed by atoms with Gasteiger partial charge in [-0.2, -0.15) is 0 Å². The molecule has 0 aromatic heterocycles. The van der Waals surface area contributed by atoms with E-state index >= 15 is 0 Å². The highest BCUT2D eigenvalue weighted by Gasteiger charge is 2.14. The average molecular weight is 215 g/mol. The number of anilines is 1. The van der Waals surface area contributed by atoms with Crippen molar-refractivity contribution in [2.45, 2.75) is 0 Å². The van der Waals surface area contributed by atoms with E-state index in [1.807, 2.05) is 5.32 Å². The van der Waals surface area contributed by atoms with Gasteiger partial charge in [0.05, 0.1) is 18.4 Å². The second-order valence-electron chi connectivity index (χ2n) is 2.56. The summed E-state index contributed by atoms with van der Waals surface area (Å²) in [7, 11) is 1.09. The number of benzene rings is 1. The van der Waals surface area contributed by atoms with E-state index in [-0.39, 0.29) is 12.0 Å². The highest BCUT2D eigenvalue weighted by atomic mass is 19.1. The lowest BCUT2D eigenvalue weighted by atomic mass is 10.2. The Kier molecular flexibility index (Phi) is 3.33. The molecule has 0 saturated heterocycles. The first kappa shape index (κ1) is 11.1. The van der Waals surface area contributed by atoms with Crippen molar-refractivity contribution in [1.82, 2.24) is 0 Å². The summed E-state index contributed by atoms with van der Waals surface area (Å²) >= 11 is 0. The third-order valence-electron chi connectivity index (χ3n) is 1.67. The van der Waals surface area contributed by atoms with E-state index < -0.39 is 23.3 Å². The first-order valence-electron chi connectivity index (χ1n) is 3.88. The smallest absolute Gasteiger partial charge is 0.411 e. The Morgan fingerprint density at radius 1 is 1.47 bits per heavy atom. The second-order valence-corrected chi connectivity index (χ2v) is 2.56. The van der Waals surface area contributed by atoms with Crippen molar-refractivity contribution in [2.24, 2.45) is 0 Å². The number of rotatable bonds is 2. The molecule has 0 radical (unpaired) electrons. The van der Waals surface area contributed by atoms with Gasteiger partial charge in [0.2, 0.25) is 0 Å². The number of carbonyl (C=O) groups excluding carboxylic acids is 2. The Morgan fingerprint density at radius 3 is 2.67 bits per heavy atom. The lowest BCUT2D eigenvalue weighted by Crippen LogP contribution is -2.13. The number of halogens is 2. The summed E-state index contributed by atoms with van der Waals surface area (Å²) < 4.78 is 30.3. The van der Waals surface area contributed by atoms with Gasteiger partial charge >= 0.3 is 6.09 Å². The topological polar surface area (TPSA) is 55.4 Å². The third-order valence-corrected chi connectivity index (χ3v) is 1.67. The molecule has 0 aliphatic carbocycles. The maximum atomic E-state index is 13.3. The Hall–Kier alpha value is -1.98. The van der Waals surface area contributed by atoms with Crippen LogP contribution in [0, 0.1) is 11.6 Å². The Morgan fingerprint density at radius 2 is 2.13 bits per heavy atom. The summed E-state index contributed by atoms with van der Waals surface area (Å²) in [4.78, 5) is 21.1. The van der Waals surface area contributed by atoms with Crippen LogP contribution in [0.2, 0.25) is 0 Å². The fourth-order valence-corrected chi connectivity index (χ4v) is 0.935. The number of ether oxygens (including phenoxy) is 1. The highest BCUT2D eigenvalue weighted by molar-refractivity contribution is 5.87. The molecule has 1 rings (SSSR count). The predicted octanol–water partition coefficient (Wildman–Crippen LogP) is 1.96. The van der Waals surface area contributed by atoms with Crippen LogP contribution in [0.5, 0.6) is 0 Å². The molecule has 1 aromatic carbocycles. The summed E-state index contributed by atoms with van der Waals surface area (Å²) in [6.07, 6.45) is -0.870. The van der Waals surface area contributed by atoms with Crippen molar-refractivity contribution in [1.29, 1.82) is 0 Å². The number of hydrogen-bond donors (Lipinski definition) is 1. The molecule has 0 heterocycles. The van der Waals surface area contributed by atoms with Crippen LogP contribution in [0.4, 0.5) is 19.3 Å². The molecule has 0 saturated carbocycles. The second kappa shape index (κ2) is 4.50. The average Bonchev–Trinajstić information content (AvgIpc) is 2.23. The highest BCUT2D eigenvalue weighted by Crippen LogP contribution is 2.19. The largest absolute Gasteiger partial charge is 0.453 e. The fraction of sp³-hybridized carbons (Fsp3) is 0.111. The molecule has 6 heteroatoms. The van der Waals surface area contributed by atoms with E-state index in [0.29, 0.717) is 0 Å². The zero-order valence-corrected chi connectivity index (χ0v) is 7.71. The van der Waals surface area contributed by atoms with Crippen LogP contribution in [0.25, 0.3) is 0 Å². The zero-order valence-electron chi connectivity index (χ0n) is 7.71. The lowest BCUT2D eigenvalue weighted by Gasteiger charge is -2.06. The number of amides is 1. The van der Waals surface area contributed by atoms with Gasteiger partial charge in [0.1, 0.15) is 5.82 Å². The summed E-state index contributed by atoms with van der Waals surface area (Å²) in [5.74, 6) is -2.12. The van der Waals surface area contributed by atoms with Gasteiger partial charge in [0, 0.05) is 0 Å². The SMILES string of the molecule is COC(=O)Nc1ccc(F)c(C=O)c1F. The minimum atomic E-state index is -1.13. The van der Waals surface area contributed by atoms with Gasteiger partial charge in [-0.1, -0.05) is 0 Å². The maximum Gasteiger partial charge on any atom is 0.411 e. The third kappa shape index (κ3) is 2.28. The summed E-state index contributed by atoms with van der Waals surface area (Å²) in [5.41, 5.74) is -1.05. The predicted molar refractivity (Wildman–Crippen MR) is 47.8 cm³/mol. The molecule has 0 unspecified atom stereocenters. The summed E-state index contributed by atoms with van der Waals surface area (Å²) in [6, 6.07) is 1.87. The summed E-state index contributed by atoms with van der Waals surface area (Å²) in [6.45, 7) is 0. The molecule has 0 bridgehead atoms. The van der Waals surface area contributed by atoms with Crippen LogP contribution < -0.4 is 5.32 Å². The Labute approximate surface area is 83.8 Å². The Bertz CT molecular complexity index is 407. The van der Waals surface area contributed by atoms with Crippen molar-refractivity contribution in [3.63, 3.8) is 0 Å². The number of hydrogen-bond acceptors (Lipinski definition) is 3. The molecule has 0 fully saturated rings. The quantitative estimate of drug-likeness (QED) is 0.767. The van der Waals surface area contributed by atoms with Crippen LogP contribution in [0.1, 0.15) is 10.4 Å². The van der Waals surface area contributed by atoms with E-state index in [0.717, 1.165) is 19.2 Å². The number of nitrogens with one attached hydrogen (secondary N) is 1. The van der Waals surface area contributed by atoms with Crippen LogP contribution in [-0.2, 0) is 4.74 Å². The van der Waals surface area contributed by atoms with Gasteiger partial charge in [0.15, 0.2) is 12.1 Å². The zero-order chi connectivity index (χ0) is 11.4. The molecular formula is C9H7F2NO3. The normalized spacial score (nSPS) is 9.53. The maximum absolute atomic E-state index is 13.3. The molecule has 4 nitrogen and oxygen atoms in total. The van der Waals surface area contributed by atoms with Gasteiger partial charge in [0.25, 0.3) is 0 Å². The molecule has 1 amide bonds. The van der Waals surface area contributed by atoms with E-state index in [4.69, 9.17) is 0 Å². The lowest BCUT2D eigenvalue weighted by molar-refractivity contribution is 0.111. The fourth-order valence-electron chi connectivity index (χ4n) is 0.935. The van der Waals surface area contributed by atoms with E-state index in [1.54, 1.807) is 0 Å². The van der Waals surface area contributed by atoms with Crippen molar-refractivity contribution in [2.75, 3.05) is 12.4 Å². The van der Waals surface area contributed by atoms with Crippen molar-refractivity contribution in [3.05, 3.63) is 29.3 Å². The molecule has 80 valence electrons. The van der Waals surface area contributed by atoms with E-state index in [9.17, 15) is 18.4 Å². The molecule has 0 atom stereocenters. The molecule has 0 spiro atoms. The summed E-state index contributed by atoms with van der Waals surface area (Å²) in [5, 5.41) is 2.00. The minimum Gasteiger partial charge on any atom is -0.453 e. The number of methoxy groups -OCH3 is 1. The van der Waals surface area contributed by atoms with Gasteiger partial charge < -0.3 is 4.74 Å². The Balaban J connectivity index is 3.10. The van der Waals surface area contributed by atoms with Gasteiger partial charge in [-0.15, -0.1) is 0 Å². The van der Waals surface area contributed by atoms with Gasteiger partial charge in [-0.05, 0) is 12.1 Å². The molecule has 1 aromatic rings. The monoisotopic (exact) mass is 215 g/mol. The molecular weight excluding hydrogens is 208 g/mol. The minimum absolute atomic E-state index is 0.0348. The standard InChI is InChI=1S/C9H7F2NO3/c1-15-9(14)12-7-3-2-6(10)5(4-13)8(7)11/h2-4H,1H3,(H,12,14). The van der Waals surface area contributed by atoms with Crippen molar-refractivity contribution < 1.29 is 23.1 Å². The van der Waals surface area contributed by atoms with Gasteiger partial charge in [-0.25, -0.2) is 13.6 Å². The molecule has 0 aliphatic rings. The van der Waals surface area contributed by atoms with Crippen LogP contribution in [0.15, 0.2) is 12.1 Å². The van der Waals surface area contributed by atoms with Crippen LogP contribution >= 0.6 is 0 Å². The molecule has 1 N–H and O–H groups in total. The van der Waals surface area contributed by atoms with Crippen LogP contribution in [0.3, 0.4) is 0 Å². The van der Waals surface area contributed by atoms with Crippen LogP contribution in [-0.4, -0.2) is 19.5 Å². The van der Waals surface area contributed by atoms with Crippen molar-refractivity contribution in [3.8, 4) is 0 Å². The first-order chi connectivity index (χ1) is 7.10. The first-order valence-corrected chi connectivity index (χ1v) is 3.88. The van der Waals surface area contributed by atoms with Crippen molar-refractivity contribution >= 4 is 18.1 Å². The van der Waals surface area contributed by atoms with E-state index in [1.165, 1.54) is 0 Å².